The summed E-state index contributed by atoms with van der Waals surface area (Å²) in [6, 6.07) is 0. The van der Waals surface area contributed by atoms with Crippen molar-refractivity contribution in [3.8, 4) is 0 Å². The van der Waals surface area contributed by atoms with E-state index in [0.29, 0.717) is 6.42 Å². The molecule has 10 nitrogen and oxygen atoms in total. The molecule has 0 saturated carbocycles. The van der Waals surface area contributed by atoms with E-state index in [1.807, 2.05) is 0 Å². The summed E-state index contributed by atoms with van der Waals surface area (Å²) in [6.45, 7) is 2.78. The number of carbonyl (C=O) groups excluding carboxylic acids is 2. The van der Waals surface area contributed by atoms with Crippen LogP contribution in [0.1, 0.15) is 117 Å². The van der Waals surface area contributed by atoms with Crippen molar-refractivity contribution in [2.75, 3.05) is 19.8 Å². The summed E-state index contributed by atoms with van der Waals surface area (Å²) in [6.07, 6.45) is 13.3. The Kier molecular flexibility index (Phi) is 21.9. The van der Waals surface area contributed by atoms with E-state index in [-0.39, 0.29) is 26.1 Å². The van der Waals surface area contributed by atoms with E-state index in [4.69, 9.17) is 18.9 Å². The zero-order valence-electron chi connectivity index (χ0n) is 25.3. The molecule has 0 aromatic rings. The van der Waals surface area contributed by atoms with Crippen molar-refractivity contribution in [3.05, 3.63) is 12.2 Å². The van der Waals surface area contributed by atoms with Gasteiger partial charge in [0.2, 0.25) is 0 Å². The van der Waals surface area contributed by atoms with Crippen LogP contribution >= 0.6 is 0 Å². The standard InChI is InChI=1S/C31H56O10/c1-3-5-6-7-8-9-10-11-12-13-14-15-16-17-18-19-20-27(34)40-24(22-38-26(33)4-2)23-39-31-30(37)29(36)28(35)25(21-32)41-31/h12-13,24-25,28-32,35-37H,3-11,14-23H2,1-2H3/b13-12-. The minimum atomic E-state index is -1.59. The maximum absolute atomic E-state index is 12.4. The maximum atomic E-state index is 12.4. The second kappa shape index (κ2) is 23.9. The van der Waals surface area contributed by atoms with Crippen molar-refractivity contribution in [1.29, 1.82) is 0 Å². The summed E-state index contributed by atoms with van der Waals surface area (Å²) in [4.78, 5) is 24.0. The second-order valence-corrected chi connectivity index (χ2v) is 10.9. The van der Waals surface area contributed by atoms with Gasteiger partial charge in [-0.15, -0.1) is 0 Å². The third-order valence-electron chi connectivity index (χ3n) is 7.20. The number of hydrogen-bond donors (Lipinski definition) is 4. The monoisotopic (exact) mass is 588 g/mol. The van der Waals surface area contributed by atoms with Gasteiger partial charge in [-0.2, -0.15) is 0 Å². The molecule has 1 heterocycles. The molecule has 1 saturated heterocycles. The minimum absolute atomic E-state index is 0.156. The van der Waals surface area contributed by atoms with E-state index in [2.05, 4.69) is 19.1 Å². The van der Waals surface area contributed by atoms with E-state index in [9.17, 15) is 30.0 Å². The van der Waals surface area contributed by atoms with Crippen molar-refractivity contribution < 1.29 is 49.0 Å². The zero-order valence-corrected chi connectivity index (χ0v) is 25.3. The van der Waals surface area contributed by atoms with Crippen LogP contribution in [0.15, 0.2) is 12.2 Å². The number of esters is 2. The SMILES string of the molecule is CCCCCCCCC/C=C\CCCCCCCC(=O)OC(COC(=O)CC)COC1OC(CO)C(O)C(O)C1O. The lowest BCUT2D eigenvalue weighted by Gasteiger charge is -2.39. The highest BCUT2D eigenvalue weighted by Gasteiger charge is 2.44. The van der Waals surface area contributed by atoms with E-state index >= 15 is 0 Å². The first kappa shape index (κ1) is 37.5. The fourth-order valence-corrected chi connectivity index (χ4v) is 4.57. The van der Waals surface area contributed by atoms with Gasteiger partial charge in [0, 0.05) is 12.8 Å². The summed E-state index contributed by atoms with van der Waals surface area (Å²) in [5.41, 5.74) is 0. The van der Waals surface area contributed by atoms with Crippen LogP contribution in [0.25, 0.3) is 0 Å². The molecule has 1 rings (SSSR count). The highest BCUT2D eigenvalue weighted by Crippen LogP contribution is 2.22. The molecular formula is C31H56O10. The molecule has 10 heteroatoms. The third kappa shape index (κ3) is 17.2. The molecule has 4 N–H and O–H groups in total. The summed E-state index contributed by atoms with van der Waals surface area (Å²) < 4.78 is 21.3. The topological polar surface area (TPSA) is 152 Å². The Bertz CT molecular complexity index is 698. The van der Waals surface area contributed by atoms with Gasteiger partial charge in [-0.25, -0.2) is 0 Å². The van der Waals surface area contributed by atoms with E-state index in [1.54, 1.807) is 6.92 Å². The van der Waals surface area contributed by atoms with E-state index in [0.717, 1.165) is 32.1 Å². The second-order valence-electron chi connectivity index (χ2n) is 10.9. The molecule has 0 aromatic carbocycles. The fourth-order valence-electron chi connectivity index (χ4n) is 4.57. The Morgan fingerprint density at radius 1 is 0.756 bits per heavy atom. The first-order valence-corrected chi connectivity index (χ1v) is 15.8. The Morgan fingerprint density at radius 3 is 1.93 bits per heavy atom. The van der Waals surface area contributed by atoms with Crippen molar-refractivity contribution in [3.63, 3.8) is 0 Å². The molecule has 0 aromatic heterocycles. The van der Waals surface area contributed by atoms with Crippen LogP contribution in [-0.4, -0.2) is 89.0 Å². The molecule has 1 aliphatic rings. The highest BCUT2D eigenvalue weighted by molar-refractivity contribution is 5.70. The van der Waals surface area contributed by atoms with Gasteiger partial charge in [-0.1, -0.05) is 83.8 Å². The Balaban J connectivity index is 2.24. The number of ether oxygens (including phenoxy) is 4. The number of carbonyl (C=O) groups is 2. The number of rotatable bonds is 24. The first-order chi connectivity index (χ1) is 19.8. The molecular weight excluding hydrogens is 532 g/mol. The lowest BCUT2D eigenvalue weighted by Crippen LogP contribution is -2.59. The Labute approximate surface area is 246 Å². The Hall–Kier alpha value is -1.56. The van der Waals surface area contributed by atoms with Gasteiger partial charge in [-0.05, 0) is 32.1 Å². The zero-order chi connectivity index (χ0) is 30.3. The predicted molar refractivity (Wildman–Crippen MR) is 155 cm³/mol. The van der Waals surface area contributed by atoms with Gasteiger partial charge >= 0.3 is 11.9 Å². The fraction of sp³-hybridized carbons (Fsp3) is 0.871. The molecule has 0 radical (unpaired) electrons. The molecule has 1 fully saturated rings. The van der Waals surface area contributed by atoms with Crippen molar-refractivity contribution >= 4 is 11.9 Å². The molecule has 0 bridgehead atoms. The van der Waals surface area contributed by atoms with Crippen LogP contribution in [0.2, 0.25) is 0 Å². The molecule has 240 valence electrons. The lowest BCUT2D eigenvalue weighted by molar-refractivity contribution is -0.305. The van der Waals surface area contributed by atoms with Gasteiger partial charge in [-0.3, -0.25) is 9.59 Å². The van der Waals surface area contributed by atoms with E-state index in [1.165, 1.54) is 51.4 Å². The van der Waals surface area contributed by atoms with Crippen LogP contribution in [0.5, 0.6) is 0 Å². The summed E-state index contributed by atoms with van der Waals surface area (Å²) in [5, 5.41) is 39.3. The number of aliphatic hydroxyl groups is 4. The molecule has 0 amide bonds. The van der Waals surface area contributed by atoms with Crippen molar-refractivity contribution in [2.45, 2.75) is 153 Å². The summed E-state index contributed by atoms with van der Waals surface area (Å²) >= 11 is 0. The molecule has 0 aliphatic carbocycles. The first-order valence-electron chi connectivity index (χ1n) is 15.8. The average Bonchev–Trinajstić information content (AvgIpc) is 2.97. The van der Waals surface area contributed by atoms with Gasteiger partial charge in [0.15, 0.2) is 12.4 Å². The van der Waals surface area contributed by atoms with Gasteiger partial charge < -0.3 is 39.4 Å². The number of hydrogen-bond acceptors (Lipinski definition) is 10. The smallest absolute Gasteiger partial charge is 0.306 e. The van der Waals surface area contributed by atoms with Crippen LogP contribution in [0, 0.1) is 0 Å². The van der Waals surface area contributed by atoms with Crippen molar-refractivity contribution in [1.82, 2.24) is 0 Å². The van der Waals surface area contributed by atoms with Crippen LogP contribution in [-0.2, 0) is 28.5 Å². The minimum Gasteiger partial charge on any atom is -0.462 e. The van der Waals surface area contributed by atoms with Gasteiger partial charge in [0.25, 0.3) is 0 Å². The lowest BCUT2D eigenvalue weighted by atomic mass is 9.99. The molecule has 0 spiro atoms. The summed E-state index contributed by atoms with van der Waals surface area (Å²) in [5.74, 6) is -0.917. The molecule has 6 unspecified atom stereocenters. The predicted octanol–water partition coefficient (Wildman–Crippen LogP) is 4.10. The van der Waals surface area contributed by atoms with Crippen LogP contribution < -0.4 is 0 Å². The number of unbranched alkanes of at least 4 members (excludes halogenated alkanes) is 12. The molecule has 41 heavy (non-hydrogen) atoms. The third-order valence-corrected chi connectivity index (χ3v) is 7.20. The number of allylic oxidation sites excluding steroid dienone is 2. The average molecular weight is 589 g/mol. The van der Waals surface area contributed by atoms with Crippen LogP contribution in [0.3, 0.4) is 0 Å². The van der Waals surface area contributed by atoms with E-state index < -0.39 is 55.4 Å². The molecule has 1 aliphatic heterocycles. The van der Waals surface area contributed by atoms with Crippen LogP contribution in [0.4, 0.5) is 0 Å². The normalized spacial score (nSPS) is 23.5. The number of aliphatic hydroxyl groups excluding tert-OH is 4. The molecule has 6 atom stereocenters. The van der Waals surface area contributed by atoms with Gasteiger partial charge in [0.1, 0.15) is 31.0 Å². The van der Waals surface area contributed by atoms with Crippen molar-refractivity contribution in [2.24, 2.45) is 0 Å². The highest BCUT2D eigenvalue weighted by atomic mass is 16.7. The Morgan fingerprint density at radius 2 is 1.34 bits per heavy atom. The quantitative estimate of drug-likeness (QED) is 0.0737. The largest absolute Gasteiger partial charge is 0.462 e. The van der Waals surface area contributed by atoms with Gasteiger partial charge in [0.05, 0.1) is 13.2 Å². The summed E-state index contributed by atoms with van der Waals surface area (Å²) in [7, 11) is 0. The maximum Gasteiger partial charge on any atom is 0.306 e.